The van der Waals surface area contributed by atoms with E-state index in [-0.39, 0.29) is 0 Å². The summed E-state index contributed by atoms with van der Waals surface area (Å²) >= 11 is 1.78. The van der Waals surface area contributed by atoms with Crippen molar-refractivity contribution < 1.29 is 0 Å². The lowest BCUT2D eigenvalue weighted by Crippen LogP contribution is -2.21. The summed E-state index contributed by atoms with van der Waals surface area (Å²) in [5, 5.41) is 5.73. The van der Waals surface area contributed by atoms with E-state index in [0.29, 0.717) is 6.04 Å². The third-order valence-electron chi connectivity index (χ3n) is 3.77. The summed E-state index contributed by atoms with van der Waals surface area (Å²) in [6.45, 7) is 5.46. The van der Waals surface area contributed by atoms with Gasteiger partial charge in [0, 0.05) is 12.2 Å². The lowest BCUT2D eigenvalue weighted by Gasteiger charge is -2.18. The van der Waals surface area contributed by atoms with Gasteiger partial charge >= 0.3 is 0 Å². The van der Waals surface area contributed by atoms with Gasteiger partial charge in [0.05, 0.1) is 10.2 Å². The Hall–Kier alpha value is -0.930. The Labute approximate surface area is 126 Å². The van der Waals surface area contributed by atoms with Crippen molar-refractivity contribution in [3.05, 3.63) is 29.3 Å². The molecule has 0 amide bonds. The van der Waals surface area contributed by atoms with Crippen LogP contribution in [0.2, 0.25) is 0 Å². The van der Waals surface area contributed by atoms with E-state index in [0.717, 1.165) is 12.1 Å². The number of unbranched alkanes of at least 4 members (excludes halogenated alkanes) is 4. The molecule has 1 N–H and O–H groups in total. The number of fused-ring (bicyclic) bond motifs is 1. The Kier molecular flexibility index (Phi) is 6.48. The van der Waals surface area contributed by atoms with Gasteiger partial charge in [0.2, 0.25) is 0 Å². The highest BCUT2D eigenvalue weighted by Gasteiger charge is 2.11. The molecule has 0 bridgehead atoms. The average molecular weight is 290 g/mol. The van der Waals surface area contributed by atoms with Crippen LogP contribution < -0.4 is 5.32 Å². The van der Waals surface area contributed by atoms with E-state index < -0.39 is 0 Å². The van der Waals surface area contributed by atoms with Crippen molar-refractivity contribution in [2.75, 3.05) is 6.54 Å². The highest BCUT2D eigenvalue weighted by Crippen LogP contribution is 2.25. The van der Waals surface area contributed by atoms with Gasteiger partial charge in [-0.3, -0.25) is 4.98 Å². The quantitative estimate of drug-likeness (QED) is 0.633. The molecule has 0 aliphatic rings. The minimum absolute atomic E-state index is 0.459. The fourth-order valence-electron chi connectivity index (χ4n) is 2.64. The summed E-state index contributed by atoms with van der Waals surface area (Å²) in [6, 6.07) is 4.86. The van der Waals surface area contributed by atoms with Crippen molar-refractivity contribution in [1.29, 1.82) is 0 Å². The first kappa shape index (κ1) is 15.5. The number of nitrogens with one attached hydrogen (secondary N) is 1. The van der Waals surface area contributed by atoms with Crippen molar-refractivity contribution in [3.8, 4) is 0 Å². The molecule has 2 heterocycles. The molecule has 0 fully saturated rings. The summed E-state index contributed by atoms with van der Waals surface area (Å²) in [5.41, 5.74) is 2.47. The topological polar surface area (TPSA) is 24.9 Å². The van der Waals surface area contributed by atoms with Gasteiger partial charge in [0.15, 0.2) is 0 Å². The molecule has 2 aromatic heterocycles. The van der Waals surface area contributed by atoms with E-state index in [1.54, 1.807) is 11.3 Å². The molecule has 0 saturated carbocycles. The Balaban J connectivity index is 1.95. The number of thiophene rings is 1. The zero-order valence-electron chi connectivity index (χ0n) is 12.7. The minimum atomic E-state index is 0.459. The van der Waals surface area contributed by atoms with Gasteiger partial charge in [-0.05, 0) is 36.0 Å². The molecule has 1 atom stereocenters. The van der Waals surface area contributed by atoms with Gasteiger partial charge in [-0.25, -0.2) is 0 Å². The van der Waals surface area contributed by atoms with Crippen LogP contribution in [0, 0.1) is 0 Å². The van der Waals surface area contributed by atoms with Crippen LogP contribution in [0.25, 0.3) is 10.2 Å². The molecule has 0 saturated heterocycles. The van der Waals surface area contributed by atoms with E-state index in [4.69, 9.17) is 0 Å². The SMILES string of the molecule is CCCCCCCC(NCC)c1cnc2ccsc2c1. The normalized spacial score (nSPS) is 12.9. The van der Waals surface area contributed by atoms with Gasteiger partial charge in [0.25, 0.3) is 0 Å². The smallest absolute Gasteiger partial charge is 0.0809 e. The first-order valence-corrected chi connectivity index (χ1v) is 8.79. The summed E-state index contributed by atoms with van der Waals surface area (Å²) in [4.78, 5) is 4.57. The van der Waals surface area contributed by atoms with Gasteiger partial charge < -0.3 is 5.32 Å². The van der Waals surface area contributed by atoms with Crippen LogP contribution in [0.4, 0.5) is 0 Å². The van der Waals surface area contributed by atoms with E-state index >= 15 is 0 Å². The summed E-state index contributed by atoms with van der Waals surface area (Å²) in [6.07, 6.45) is 9.98. The average Bonchev–Trinajstić information content (AvgIpc) is 2.93. The van der Waals surface area contributed by atoms with Crippen molar-refractivity contribution in [3.63, 3.8) is 0 Å². The second-order valence-electron chi connectivity index (χ2n) is 5.39. The molecule has 0 aromatic carbocycles. The number of aromatic nitrogens is 1. The van der Waals surface area contributed by atoms with Gasteiger partial charge in [-0.1, -0.05) is 46.0 Å². The van der Waals surface area contributed by atoms with Gasteiger partial charge in [-0.15, -0.1) is 11.3 Å². The second kappa shape index (κ2) is 8.38. The molecule has 2 rings (SSSR count). The third-order valence-corrected chi connectivity index (χ3v) is 4.63. The zero-order valence-corrected chi connectivity index (χ0v) is 13.5. The molecule has 3 heteroatoms. The molecule has 2 aromatic rings. The molecule has 0 aliphatic carbocycles. The zero-order chi connectivity index (χ0) is 14.2. The first-order chi connectivity index (χ1) is 9.85. The number of pyridine rings is 1. The molecular formula is C17H26N2S. The number of hydrogen-bond donors (Lipinski definition) is 1. The van der Waals surface area contributed by atoms with Crippen molar-refractivity contribution in [2.45, 2.75) is 58.4 Å². The molecule has 2 nitrogen and oxygen atoms in total. The molecule has 0 spiro atoms. The number of rotatable bonds is 9. The van der Waals surface area contributed by atoms with Gasteiger partial charge in [-0.2, -0.15) is 0 Å². The molecule has 110 valence electrons. The van der Waals surface area contributed by atoms with Crippen LogP contribution in [0.3, 0.4) is 0 Å². The number of hydrogen-bond acceptors (Lipinski definition) is 3. The maximum absolute atomic E-state index is 4.57. The Morgan fingerprint density at radius 1 is 1.20 bits per heavy atom. The first-order valence-electron chi connectivity index (χ1n) is 7.91. The molecule has 0 radical (unpaired) electrons. The maximum Gasteiger partial charge on any atom is 0.0809 e. The van der Waals surface area contributed by atoms with Crippen LogP contribution >= 0.6 is 11.3 Å². The fourth-order valence-corrected chi connectivity index (χ4v) is 3.43. The minimum Gasteiger partial charge on any atom is -0.310 e. The second-order valence-corrected chi connectivity index (χ2v) is 6.33. The largest absolute Gasteiger partial charge is 0.310 e. The molecule has 0 aliphatic heterocycles. The predicted molar refractivity (Wildman–Crippen MR) is 89.4 cm³/mol. The molecule has 1 unspecified atom stereocenters. The summed E-state index contributed by atoms with van der Waals surface area (Å²) in [7, 11) is 0. The fraction of sp³-hybridized carbons (Fsp3) is 0.588. The van der Waals surface area contributed by atoms with Crippen LogP contribution in [0.1, 0.15) is 64.0 Å². The summed E-state index contributed by atoms with van der Waals surface area (Å²) in [5.74, 6) is 0. The lowest BCUT2D eigenvalue weighted by atomic mass is 10.0. The van der Waals surface area contributed by atoms with Crippen molar-refractivity contribution >= 4 is 21.6 Å². The van der Waals surface area contributed by atoms with Crippen molar-refractivity contribution in [1.82, 2.24) is 10.3 Å². The Bertz CT molecular complexity index is 506. The van der Waals surface area contributed by atoms with Crippen LogP contribution in [0.15, 0.2) is 23.7 Å². The number of nitrogens with zero attached hydrogens (tertiary/aromatic N) is 1. The Morgan fingerprint density at radius 3 is 2.85 bits per heavy atom. The van der Waals surface area contributed by atoms with Gasteiger partial charge in [0.1, 0.15) is 0 Å². The van der Waals surface area contributed by atoms with E-state index in [2.05, 4.69) is 47.9 Å². The predicted octanol–water partition coefficient (Wildman–Crippen LogP) is 5.31. The monoisotopic (exact) mass is 290 g/mol. The van der Waals surface area contributed by atoms with Crippen LogP contribution in [0.5, 0.6) is 0 Å². The van der Waals surface area contributed by atoms with Crippen LogP contribution in [-0.2, 0) is 0 Å². The standard InChI is InChI=1S/C17H26N2S/c1-3-5-6-7-8-9-15(18-4-2)14-12-17-16(19-13-14)10-11-20-17/h10-13,15,18H,3-9H2,1-2H3. The van der Waals surface area contributed by atoms with E-state index in [9.17, 15) is 0 Å². The Morgan fingerprint density at radius 2 is 2.05 bits per heavy atom. The van der Waals surface area contributed by atoms with E-state index in [1.807, 2.05) is 0 Å². The van der Waals surface area contributed by atoms with Crippen molar-refractivity contribution in [2.24, 2.45) is 0 Å². The summed E-state index contributed by atoms with van der Waals surface area (Å²) < 4.78 is 1.30. The maximum atomic E-state index is 4.57. The molecular weight excluding hydrogens is 264 g/mol. The molecule has 20 heavy (non-hydrogen) atoms. The van der Waals surface area contributed by atoms with E-state index in [1.165, 1.54) is 48.8 Å². The third kappa shape index (κ3) is 4.29. The highest BCUT2D eigenvalue weighted by molar-refractivity contribution is 7.17. The highest BCUT2D eigenvalue weighted by atomic mass is 32.1. The lowest BCUT2D eigenvalue weighted by molar-refractivity contribution is 0.478. The van der Waals surface area contributed by atoms with Crippen LogP contribution in [-0.4, -0.2) is 11.5 Å².